The Kier molecular flexibility index (Phi) is 5.43. The largest absolute Gasteiger partial charge is 0.455 e. The molecule has 0 amide bonds. The van der Waals surface area contributed by atoms with Crippen molar-refractivity contribution in [2.45, 2.75) is 20.4 Å². The van der Waals surface area contributed by atoms with Crippen molar-refractivity contribution >= 4 is 23.5 Å². The predicted octanol–water partition coefficient (Wildman–Crippen LogP) is 4.04. The zero-order chi connectivity index (χ0) is 18.5. The van der Waals surface area contributed by atoms with Gasteiger partial charge in [0.1, 0.15) is 11.5 Å². The van der Waals surface area contributed by atoms with Gasteiger partial charge in [-0.05, 0) is 62.0 Å². The molecule has 2 heterocycles. The molecule has 0 fully saturated rings. The molecule has 0 unspecified atom stereocenters. The number of pyridine rings is 1. The van der Waals surface area contributed by atoms with Crippen LogP contribution in [0.3, 0.4) is 0 Å². The molecule has 26 heavy (non-hydrogen) atoms. The lowest BCUT2D eigenvalue weighted by Gasteiger charge is -2.16. The molecule has 1 aromatic carbocycles. The fourth-order valence-corrected chi connectivity index (χ4v) is 2.77. The first-order valence-electron chi connectivity index (χ1n) is 8.19. The third-order valence-electron chi connectivity index (χ3n) is 3.77. The molecule has 5 nitrogen and oxygen atoms in total. The molecule has 0 aliphatic heterocycles. The van der Waals surface area contributed by atoms with E-state index >= 15 is 0 Å². The highest BCUT2D eigenvalue weighted by Gasteiger charge is 2.08. The molecule has 2 N–H and O–H groups in total. The number of rotatable bonds is 5. The van der Waals surface area contributed by atoms with E-state index in [1.165, 1.54) is 16.1 Å². The molecule has 6 heteroatoms. The Bertz CT molecular complexity index is 914. The maximum Gasteiger partial charge on any atom is 0.187 e. The van der Waals surface area contributed by atoms with E-state index in [9.17, 15) is 0 Å². The van der Waals surface area contributed by atoms with Crippen molar-refractivity contribution in [2.75, 3.05) is 0 Å². The van der Waals surface area contributed by atoms with Gasteiger partial charge in [-0.2, -0.15) is 5.10 Å². The number of furan rings is 1. The summed E-state index contributed by atoms with van der Waals surface area (Å²) in [5.41, 5.74) is 10.2. The Labute approximate surface area is 158 Å². The molecular formula is C20H20N4OS. The van der Waals surface area contributed by atoms with Crippen LogP contribution in [0.4, 0.5) is 0 Å². The van der Waals surface area contributed by atoms with Gasteiger partial charge in [0.25, 0.3) is 0 Å². The van der Waals surface area contributed by atoms with Crippen molar-refractivity contribution < 1.29 is 4.42 Å². The van der Waals surface area contributed by atoms with Gasteiger partial charge < -0.3 is 10.2 Å². The Balaban J connectivity index is 1.77. The third kappa shape index (κ3) is 4.55. The first-order valence-corrected chi connectivity index (χ1v) is 8.60. The van der Waals surface area contributed by atoms with Crippen molar-refractivity contribution in [3.63, 3.8) is 0 Å². The minimum absolute atomic E-state index is 0.186. The summed E-state index contributed by atoms with van der Waals surface area (Å²) in [4.78, 5) is 4.09. The number of aryl methyl sites for hydroxylation is 2. The van der Waals surface area contributed by atoms with Gasteiger partial charge in [-0.25, -0.2) is 5.01 Å². The van der Waals surface area contributed by atoms with Crippen molar-refractivity contribution in [2.24, 2.45) is 10.8 Å². The van der Waals surface area contributed by atoms with Gasteiger partial charge in [0.2, 0.25) is 0 Å². The number of hydrazone groups is 1. The van der Waals surface area contributed by atoms with E-state index < -0.39 is 0 Å². The molecule has 0 aliphatic rings. The number of thiocarbonyl (C=S) groups is 1. The Morgan fingerprint density at radius 2 is 2.00 bits per heavy atom. The standard InChI is InChI=1S/C20H20N4OS/c1-14-8-15(2)10-17(9-14)19-6-5-18(25-19)12-23-24(20(21)26)13-16-4-3-7-22-11-16/h3-12H,13H2,1-2H3,(H2,21,26). The first-order chi connectivity index (χ1) is 12.5. The SMILES string of the molecule is Cc1cc(C)cc(-c2ccc(C=NN(Cc3cccnc3)C(N)=S)o2)c1. The lowest BCUT2D eigenvalue weighted by Crippen LogP contribution is -2.30. The second-order valence-electron chi connectivity index (χ2n) is 6.08. The highest BCUT2D eigenvalue weighted by Crippen LogP contribution is 2.24. The number of nitrogens with zero attached hydrogens (tertiary/aromatic N) is 3. The fourth-order valence-electron chi connectivity index (χ4n) is 2.66. The van der Waals surface area contributed by atoms with E-state index in [1.807, 2.05) is 24.3 Å². The molecule has 3 aromatic rings. The molecule has 132 valence electrons. The fraction of sp³-hybridized carbons (Fsp3) is 0.150. The molecule has 0 atom stereocenters. The van der Waals surface area contributed by atoms with Crippen LogP contribution in [0.5, 0.6) is 0 Å². The minimum Gasteiger partial charge on any atom is -0.455 e. The molecule has 0 saturated carbocycles. The molecule has 0 aliphatic carbocycles. The second kappa shape index (κ2) is 7.93. The van der Waals surface area contributed by atoms with Crippen molar-refractivity contribution in [3.05, 3.63) is 77.3 Å². The molecule has 0 spiro atoms. The van der Waals surface area contributed by atoms with E-state index in [0.717, 1.165) is 16.9 Å². The molecule has 0 radical (unpaired) electrons. The van der Waals surface area contributed by atoms with Gasteiger partial charge in [-0.1, -0.05) is 23.3 Å². The van der Waals surface area contributed by atoms with Crippen LogP contribution in [-0.4, -0.2) is 21.3 Å². The summed E-state index contributed by atoms with van der Waals surface area (Å²) in [6.07, 6.45) is 5.09. The minimum atomic E-state index is 0.186. The quantitative estimate of drug-likeness (QED) is 0.420. The molecule has 0 saturated heterocycles. The van der Waals surface area contributed by atoms with E-state index in [-0.39, 0.29) is 5.11 Å². The average molecular weight is 364 g/mol. The van der Waals surface area contributed by atoms with Crippen LogP contribution < -0.4 is 5.73 Å². The maximum absolute atomic E-state index is 5.89. The topological polar surface area (TPSA) is 67.7 Å². The molecular weight excluding hydrogens is 344 g/mol. The van der Waals surface area contributed by atoms with E-state index in [4.69, 9.17) is 22.4 Å². The first kappa shape index (κ1) is 17.8. The van der Waals surface area contributed by atoms with Crippen molar-refractivity contribution in [1.82, 2.24) is 9.99 Å². The lowest BCUT2D eigenvalue weighted by atomic mass is 10.1. The van der Waals surface area contributed by atoms with Crippen LogP contribution in [0.2, 0.25) is 0 Å². The van der Waals surface area contributed by atoms with E-state index in [0.29, 0.717) is 12.3 Å². The predicted molar refractivity (Wildman–Crippen MR) is 108 cm³/mol. The summed E-state index contributed by atoms with van der Waals surface area (Å²) in [6.45, 7) is 4.59. The maximum atomic E-state index is 5.89. The van der Waals surface area contributed by atoms with Gasteiger partial charge in [-0.15, -0.1) is 0 Å². The van der Waals surface area contributed by atoms with Crippen LogP contribution in [0.25, 0.3) is 11.3 Å². The summed E-state index contributed by atoms with van der Waals surface area (Å²) < 4.78 is 5.89. The Hall–Kier alpha value is -2.99. The van der Waals surface area contributed by atoms with Gasteiger partial charge in [0, 0.05) is 18.0 Å². The van der Waals surface area contributed by atoms with Gasteiger partial charge >= 0.3 is 0 Å². The number of hydrogen-bond donors (Lipinski definition) is 1. The number of benzene rings is 1. The summed E-state index contributed by atoms with van der Waals surface area (Å²) in [5.74, 6) is 1.43. The summed E-state index contributed by atoms with van der Waals surface area (Å²) in [5, 5.41) is 6.07. The van der Waals surface area contributed by atoms with Gasteiger partial charge in [0.15, 0.2) is 5.11 Å². The highest BCUT2D eigenvalue weighted by molar-refractivity contribution is 7.80. The highest BCUT2D eigenvalue weighted by atomic mass is 32.1. The summed E-state index contributed by atoms with van der Waals surface area (Å²) in [7, 11) is 0. The molecule has 3 rings (SSSR count). The van der Waals surface area contributed by atoms with E-state index in [1.54, 1.807) is 18.6 Å². The zero-order valence-corrected chi connectivity index (χ0v) is 15.5. The number of hydrogen-bond acceptors (Lipinski definition) is 4. The smallest absolute Gasteiger partial charge is 0.187 e. The Morgan fingerprint density at radius 3 is 2.65 bits per heavy atom. The van der Waals surface area contributed by atoms with Crippen molar-refractivity contribution in [1.29, 1.82) is 0 Å². The van der Waals surface area contributed by atoms with Gasteiger partial charge in [0.05, 0.1) is 12.8 Å². The van der Waals surface area contributed by atoms with Crippen LogP contribution in [0.1, 0.15) is 22.5 Å². The van der Waals surface area contributed by atoms with Crippen molar-refractivity contribution in [3.8, 4) is 11.3 Å². The monoisotopic (exact) mass is 364 g/mol. The summed E-state index contributed by atoms with van der Waals surface area (Å²) >= 11 is 5.08. The normalized spacial score (nSPS) is 11.0. The summed E-state index contributed by atoms with van der Waals surface area (Å²) in [6, 6.07) is 13.9. The van der Waals surface area contributed by atoms with Crippen LogP contribution in [0.15, 0.2) is 64.4 Å². The molecule has 0 bridgehead atoms. The Morgan fingerprint density at radius 1 is 1.23 bits per heavy atom. The second-order valence-corrected chi connectivity index (χ2v) is 6.50. The van der Waals surface area contributed by atoms with Crippen LogP contribution >= 0.6 is 12.2 Å². The van der Waals surface area contributed by atoms with Crippen LogP contribution in [0, 0.1) is 13.8 Å². The third-order valence-corrected chi connectivity index (χ3v) is 3.98. The number of nitrogens with two attached hydrogens (primary N) is 1. The van der Waals surface area contributed by atoms with Gasteiger partial charge in [-0.3, -0.25) is 4.98 Å². The zero-order valence-electron chi connectivity index (χ0n) is 14.7. The lowest BCUT2D eigenvalue weighted by molar-refractivity contribution is 0.442. The average Bonchev–Trinajstić information content (AvgIpc) is 3.07. The van der Waals surface area contributed by atoms with Crippen LogP contribution in [-0.2, 0) is 6.54 Å². The number of aromatic nitrogens is 1. The molecule has 2 aromatic heterocycles. The van der Waals surface area contributed by atoms with E-state index in [2.05, 4.69) is 42.1 Å².